The minimum Gasteiger partial charge on any atom is -0.331 e. The molecule has 1 aliphatic rings. The first-order valence-electron chi connectivity index (χ1n) is 6.97. The van der Waals surface area contributed by atoms with Crippen molar-refractivity contribution < 1.29 is 18.0 Å². The zero-order valence-electron chi connectivity index (χ0n) is 12.2. The Morgan fingerprint density at radius 1 is 1.32 bits per heavy atom. The molecule has 1 aromatic rings. The van der Waals surface area contributed by atoms with E-state index in [1.54, 1.807) is 17.9 Å². The van der Waals surface area contributed by atoms with Crippen LogP contribution in [0.4, 0.5) is 13.2 Å². The molecule has 0 bridgehead atoms. The minimum absolute atomic E-state index is 0.173. The van der Waals surface area contributed by atoms with Crippen LogP contribution in [0, 0.1) is 17.8 Å². The number of hydrogen-bond donors (Lipinski definition) is 0. The third-order valence-corrected chi connectivity index (χ3v) is 3.54. The fraction of sp³-hybridized carbons (Fsp3) is 0.353. The third-order valence-electron chi connectivity index (χ3n) is 3.54. The van der Waals surface area contributed by atoms with Crippen LogP contribution in [0.15, 0.2) is 30.3 Å². The van der Waals surface area contributed by atoms with E-state index in [0.717, 1.165) is 18.6 Å². The van der Waals surface area contributed by atoms with Crippen molar-refractivity contribution in [2.45, 2.75) is 19.5 Å². The van der Waals surface area contributed by atoms with Gasteiger partial charge in [0, 0.05) is 13.1 Å². The Kier molecular flexibility index (Phi) is 4.92. The first-order chi connectivity index (χ1) is 10.4. The lowest BCUT2D eigenvalue weighted by Crippen LogP contribution is -2.26. The summed E-state index contributed by atoms with van der Waals surface area (Å²) in [5.41, 5.74) is 0.0616. The van der Waals surface area contributed by atoms with Crippen molar-refractivity contribution in [3.05, 3.63) is 41.5 Å². The van der Waals surface area contributed by atoms with Gasteiger partial charge in [0.15, 0.2) is 0 Å². The Hall–Kier alpha value is -2.22. The van der Waals surface area contributed by atoms with Crippen molar-refractivity contribution in [2.75, 3.05) is 13.1 Å². The number of benzene rings is 1. The smallest absolute Gasteiger partial charge is 0.331 e. The molecule has 116 valence electrons. The summed E-state index contributed by atoms with van der Waals surface area (Å²) < 4.78 is 37.4. The van der Waals surface area contributed by atoms with Gasteiger partial charge in [-0.3, -0.25) is 4.79 Å². The van der Waals surface area contributed by atoms with Gasteiger partial charge < -0.3 is 4.90 Å². The Morgan fingerprint density at radius 3 is 2.59 bits per heavy atom. The Bertz CT molecular complexity index is 620. The Labute approximate surface area is 127 Å². The van der Waals surface area contributed by atoms with Crippen LogP contribution in [0.2, 0.25) is 0 Å². The topological polar surface area (TPSA) is 20.3 Å². The van der Waals surface area contributed by atoms with Crippen LogP contribution in [-0.2, 0) is 11.0 Å². The molecule has 1 fully saturated rings. The molecule has 1 aromatic carbocycles. The molecule has 2 rings (SSSR count). The number of halogens is 3. The number of likely N-dealkylation sites (tertiary alicyclic amines) is 1. The molecule has 1 aliphatic heterocycles. The lowest BCUT2D eigenvalue weighted by molar-refractivity contribution is -0.137. The van der Waals surface area contributed by atoms with Gasteiger partial charge in [-0.1, -0.05) is 30.2 Å². The predicted molar refractivity (Wildman–Crippen MR) is 78.6 cm³/mol. The molecule has 0 aromatic heterocycles. The van der Waals surface area contributed by atoms with Crippen LogP contribution in [0.1, 0.15) is 24.5 Å². The number of hydrogen-bond acceptors (Lipinski definition) is 1. The van der Waals surface area contributed by atoms with E-state index in [1.807, 2.05) is 6.08 Å². The van der Waals surface area contributed by atoms with E-state index >= 15 is 0 Å². The molecule has 22 heavy (non-hydrogen) atoms. The van der Waals surface area contributed by atoms with Gasteiger partial charge in [0.2, 0.25) is 0 Å². The second-order valence-electron chi connectivity index (χ2n) is 5.15. The molecule has 1 heterocycles. The summed E-state index contributed by atoms with van der Waals surface area (Å²) in [6, 6.07) is 5.03. The third kappa shape index (κ3) is 4.14. The van der Waals surface area contributed by atoms with Gasteiger partial charge in [0.05, 0.1) is 5.56 Å². The van der Waals surface area contributed by atoms with Crippen LogP contribution in [-0.4, -0.2) is 23.9 Å². The highest BCUT2D eigenvalue weighted by Gasteiger charge is 2.29. The van der Waals surface area contributed by atoms with Crippen LogP contribution in [0.3, 0.4) is 0 Å². The molecule has 0 spiro atoms. The fourth-order valence-electron chi connectivity index (χ4n) is 2.35. The van der Waals surface area contributed by atoms with E-state index in [-0.39, 0.29) is 11.8 Å². The summed E-state index contributed by atoms with van der Waals surface area (Å²) in [6.45, 7) is 2.89. The number of rotatable bonds is 2. The Morgan fingerprint density at radius 2 is 2.00 bits per heavy atom. The summed E-state index contributed by atoms with van der Waals surface area (Å²) in [6.07, 6.45) is 0.267. The van der Waals surface area contributed by atoms with Gasteiger partial charge in [-0.15, -0.1) is 0 Å². The van der Waals surface area contributed by atoms with Gasteiger partial charge >= 0.3 is 6.18 Å². The van der Waals surface area contributed by atoms with E-state index in [4.69, 9.17) is 0 Å². The molecule has 2 nitrogen and oxygen atoms in total. The fourth-order valence-corrected chi connectivity index (χ4v) is 2.35. The van der Waals surface area contributed by atoms with Gasteiger partial charge in [-0.05, 0) is 42.9 Å². The SMILES string of the molecule is CC#CC(=O)N1CC[C@H](/C=C/c2ccc(C(F)(F)F)cc2)C1. The first-order valence-corrected chi connectivity index (χ1v) is 6.97. The summed E-state index contributed by atoms with van der Waals surface area (Å²) in [4.78, 5) is 13.3. The zero-order chi connectivity index (χ0) is 16.2. The summed E-state index contributed by atoms with van der Waals surface area (Å²) >= 11 is 0. The van der Waals surface area contributed by atoms with Crippen molar-refractivity contribution >= 4 is 12.0 Å². The van der Waals surface area contributed by atoms with Gasteiger partial charge in [-0.2, -0.15) is 13.2 Å². The van der Waals surface area contributed by atoms with Gasteiger partial charge in [-0.25, -0.2) is 0 Å². The predicted octanol–water partition coefficient (Wildman–Crippen LogP) is 3.59. The van der Waals surface area contributed by atoms with E-state index in [9.17, 15) is 18.0 Å². The van der Waals surface area contributed by atoms with Crippen molar-refractivity contribution in [3.63, 3.8) is 0 Å². The van der Waals surface area contributed by atoms with Crippen molar-refractivity contribution in [3.8, 4) is 11.8 Å². The molecule has 5 heteroatoms. The monoisotopic (exact) mass is 307 g/mol. The molecular formula is C17H16F3NO. The molecule has 1 amide bonds. The zero-order valence-corrected chi connectivity index (χ0v) is 12.2. The summed E-state index contributed by atoms with van der Waals surface area (Å²) in [5, 5.41) is 0. The second kappa shape index (κ2) is 6.69. The maximum absolute atomic E-state index is 12.5. The van der Waals surface area contributed by atoms with Gasteiger partial charge in [0.1, 0.15) is 0 Å². The first kappa shape index (κ1) is 16.2. The quantitative estimate of drug-likeness (QED) is 0.765. The van der Waals surface area contributed by atoms with E-state index in [1.165, 1.54) is 12.1 Å². The number of carbonyl (C=O) groups is 1. The standard InChI is InChI=1S/C17H16F3NO/c1-2-3-16(22)21-11-10-14(12-21)5-4-13-6-8-15(9-7-13)17(18,19)20/h4-9,14H,10-12H2,1H3/b5-4+/t14-/m0/s1. The van der Waals surface area contributed by atoms with E-state index in [2.05, 4.69) is 11.8 Å². The minimum atomic E-state index is -4.31. The lowest BCUT2D eigenvalue weighted by Gasteiger charge is -2.11. The lowest BCUT2D eigenvalue weighted by atomic mass is 10.1. The maximum atomic E-state index is 12.5. The van der Waals surface area contributed by atoms with Crippen LogP contribution in [0.25, 0.3) is 6.08 Å². The molecule has 0 aliphatic carbocycles. The van der Waals surface area contributed by atoms with E-state index in [0.29, 0.717) is 18.7 Å². The highest BCUT2D eigenvalue weighted by atomic mass is 19.4. The Balaban J connectivity index is 1.95. The normalized spacial score (nSPS) is 18.4. The average molecular weight is 307 g/mol. The maximum Gasteiger partial charge on any atom is 0.416 e. The van der Waals surface area contributed by atoms with Crippen molar-refractivity contribution in [1.82, 2.24) is 4.90 Å². The largest absolute Gasteiger partial charge is 0.416 e. The van der Waals surface area contributed by atoms with Crippen molar-refractivity contribution in [1.29, 1.82) is 0 Å². The summed E-state index contributed by atoms with van der Waals surface area (Å²) in [5.74, 6) is 5.13. The highest BCUT2D eigenvalue weighted by Crippen LogP contribution is 2.29. The number of amides is 1. The number of alkyl halides is 3. The summed E-state index contributed by atoms with van der Waals surface area (Å²) in [7, 11) is 0. The molecular weight excluding hydrogens is 291 g/mol. The van der Waals surface area contributed by atoms with Crippen LogP contribution >= 0.6 is 0 Å². The van der Waals surface area contributed by atoms with Crippen molar-refractivity contribution in [2.24, 2.45) is 5.92 Å². The van der Waals surface area contributed by atoms with Crippen LogP contribution < -0.4 is 0 Å². The molecule has 1 saturated heterocycles. The molecule has 0 radical (unpaired) electrons. The molecule has 1 atom stereocenters. The van der Waals surface area contributed by atoms with Gasteiger partial charge in [0.25, 0.3) is 5.91 Å². The van der Waals surface area contributed by atoms with Crippen LogP contribution in [0.5, 0.6) is 0 Å². The molecule has 0 unspecified atom stereocenters. The molecule has 0 saturated carbocycles. The number of nitrogens with zero attached hydrogens (tertiary/aromatic N) is 1. The highest BCUT2D eigenvalue weighted by molar-refractivity contribution is 5.93. The average Bonchev–Trinajstić information content (AvgIpc) is 2.94. The second-order valence-corrected chi connectivity index (χ2v) is 5.15. The molecule has 0 N–H and O–H groups in total. The number of carbonyl (C=O) groups excluding carboxylic acids is 1. The van der Waals surface area contributed by atoms with E-state index < -0.39 is 11.7 Å².